The van der Waals surface area contributed by atoms with Gasteiger partial charge in [-0.15, -0.1) is 0 Å². The molecule has 6 nitrogen and oxygen atoms in total. The van der Waals surface area contributed by atoms with Crippen LogP contribution in [-0.4, -0.2) is 66.1 Å². The van der Waals surface area contributed by atoms with Crippen LogP contribution in [-0.2, 0) is 11.3 Å². The number of ether oxygens (including phenoxy) is 1. The Balaban J connectivity index is 1.61. The van der Waals surface area contributed by atoms with Crippen LogP contribution in [0, 0.1) is 5.41 Å². The molecule has 2 fully saturated rings. The molecule has 0 radical (unpaired) electrons. The first-order valence-corrected chi connectivity index (χ1v) is 7.56. The molecule has 3 N–H and O–H groups in total. The van der Waals surface area contributed by atoms with Crippen molar-refractivity contribution in [1.29, 1.82) is 5.41 Å². The molecular formula is C15H23N5O. The molecule has 2 aliphatic heterocycles. The Kier molecular flexibility index (Phi) is 4.48. The second-order valence-electron chi connectivity index (χ2n) is 5.75. The van der Waals surface area contributed by atoms with Gasteiger partial charge in [-0.25, -0.2) is 0 Å². The predicted molar refractivity (Wildman–Crippen MR) is 81.3 cm³/mol. The lowest BCUT2D eigenvalue weighted by Gasteiger charge is -2.32. The van der Waals surface area contributed by atoms with E-state index in [1.54, 1.807) is 6.20 Å². The van der Waals surface area contributed by atoms with Crippen molar-refractivity contribution in [2.75, 3.05) is 39.4 Å². The molecule has 2 aliphatic rings. The van der Waals surface area contributed by atoms with Crippen molar-refractivity contribution in [3.05, 3.63) is 29.6 Å². The van der Waals surface area contributed by atoms with Crippen LogP contribution in [0.3, 0.4) is 0 Å². The molecule has 3 rings (SSSR count). The number of likely N-dealkylation sites (tertiary alicyclic amines) is 1. The minimum Gasteiger partial charge on any atom is -0.382 e. The number of morpholine rings is 1. The summed E-state index contributed by atoms with van der Waals surface area (Å²) in [7, 11) is 0. The number of hydrogen-bond donors (Lipinski definition) is 2. The van der Waals surface area contributed by atoms with E-state index in [2.05, 4.69) is 14.8 Å². The van der Waals surface area contributed by atoms with Crippen molar-refractivity contribution in [1.82, 2.24) is 14.8 Å². The van der Waals surface area contributed by atoms with E-state index in [0.717, 1.165) is 51.5 Å². The summed E-state index contributed by atoms with van der Waals surface area (Å²) in [6, 6.07) is 4.56. The van der Waals surface area contributed by atoms with Gasteiger partial charge in [0.05, 0.1) is 13.2 Å². The quantitative estimate of drug-likeness (QED) is 0.614. The van der Waals surface area contributed by atoms with E-state index in [1.165, 1.54) is 6.42 Å². The summed E-state index contributed by atoms with van der Waals surface area (Å²) >= 11 is 0. The number of aromatic nitrogens is 1. The standard InChI is InChI=1S/C15H23N5O/c16-15(17)14-12(2-1-4-18-14)10-19-5-3-13(11-19)20-6-8-21-9-7-20/h1-2,4,13H,3,5-11H2,(H3,16,17). The van der Waals surface area contributed by atoms with E-state index in [-0.39, 0.29) is 5.84 Å². The van der Waals surface area contributed by atoms with E-state index in [1.807, 2.05) is 12.1 Å². The van der Waals surface area contributed by atoms with Crippen LogP contribution >= 0.6 is 0 Å². The molecule has 0 spiro atoms. The number of amidine groups is 1. The molecule has 1 aromatic heterocycles. The van der Waals surface area contributed by atoms with Crippen LogP contribution in [0.1, 0.15) is 17.7 Å². The summed E-state index contributed by atoms with van der Waals surface area (Å²) in [4.78, 5) is 9.20. The van der Waals surface area contributed by atoms with Crippen LogP contribution in [0.2, 0.25) is 0 Å². The lowest BCUT2D eigenvalue weighted by atomic mass is 10.1. The minimum atomic E-state index is 0.0505. The number of rotatable bonds is 4. The van der Waals surface area contributed by atoms with E-state index in [0.29, 0.717) is 11.7 Å². The van der Waals surface area contributed by atoms with Gasteiger partial charge < -0.3 is 10.5 Å². The second kappa shape index (κ2) is 6.51. The van der Waals surface area contributed by atoms with Crippen molar-refractivity contribution < 1.29 is 4.74 Å². The molecule has 0 saturated carbocycles. The number of hydrogen-bond acceptors (Lipinski definition) is 5. The summed E-state index contributed by atoms with van der Waals surface area (Å²) < 4.78 is 5.42. The molecule has 114 valence electrons. The fourth-order valence-corrected chi connectivity index (χ4v) is 3.25. The van der Waals surface area contributed by atoms with Gasteiger partial charge in [-0.05, 0) is 18.1 Å². The van der Waals surface area contributed by atoms with Crippen LogP contribution in [0.25, 0.3) is 0 Å². The Hall–Kier alpha value is -1.50. The van der Waals surface area contributed by atoms with E-state index < -0.39 is 0 Å². The largest absolute Gasteiger partial charge is 0.382 e. The smallest absolute Gasteiger partial charge is 0.142 e. The summed E-state index contributed by atoms with van der Waals surface area (Å²) in [5.41, 5.74) is 7.28. The highest BCUT2D eigenvalue weighted by atomic mass is 16.5. The number of nitrogen functional groups attached to an aromatic ring is 1. The normalized spacial score (nSPS) is 24.3. The summed E-state index contributed by atoms with van der Waals surface area (Å²) in [5.74, 6) is 0.0505. The SMILES string of the molecule is N=C(N)c1ncccc1CN1CCC(N2CCOCC2)C1. The third kappa shape index (κ3) is 3.40. The molecule has 1 unspecified atom stereocenters. The molecule has 1 atom stereocenters. The molecule has 21 heavy (non-hydrogen) atoms. The Bertz CT molecular complexity index is 501. The zero-order valence-corrected chi connectivity index (χ0v) is 12.3. The van der Waals surface area contributed by atoms with Gasteiger partial charge in [-0.2, -0.15) is 0 Å². The molecule has 0 aliphatic carbocycles. The van der Waals surface area contributed by atoms with Crippen LogP contribution < -0.4 is 5.73 Å². The Labute approximate surface area is 125 Å². The number of nitrogens with zero attached hydrogens (tertiary/aromatic N) is 3. The van der Waals surface area contributed by atoms with E-state index in [9.17, 15) is 0 Å². The first-order valence-electron chi connectivity index (χ1n) is 7.56. The molecule has 1 aromatic rings. The van der Waals surface area contributed by atoms with Gasteiger partial charge in [0.2, 0.25) is 0 Å². The number of nitrogens with one attached hydrogen (secondary N) is 1. The molecule has 0 aromatic carbocycles. The highest BCUT2D eigenvalue weighted by molar-refractivity contribution is 5.94. The topological polar surface area (TPSA) is 78.5 Å². The monoisotopic (exact) mass is 289 g/mol. The van der Waals surface area contributed by atoms with Crippen molar-refractivity contribution in [2.24, 2.45) is 5.73 Å². The highest BCUT2D eigenvalue weighted by Gasteiger charge is 2.29. The first-order chi connectivity index (χ1) is 10.2. The second-order valence-corrected chi connectivity index (χ2v) is 5.75. The van der Waals surface area contributed by atoms with Gasteiger partial charge in [0, 0.05) is 45.0 Å². The molecule has 0 bridgehead atoms. The van der Waals surface area contributed by atoms with Crippen molar-refractivity contribution in [2.45, 2.75) is 19.0 Å². The average molecular weight is 289 g/mol. The zero-order valence-electron chi connectivity index (χ0n) is 12.3. The van der Waals surface area contributed by atoms with Gasteiger partial charge in [0.25, 0.3) is 0 Å². The third-order valence-corrected chi connectivity index (χ3v) is 4.35. The minimum absolute atomic E-state index is 0.0505. The van der Waals surface area contributed by atoms with E-state index in [4.69, 9.17) is 15.9 Å². The van der Waals surface area contributed by atoms with Gasteiger partial charge in [0.1, 0.15) is 11.5 Å². The van der Waals surface area contributed by atoms with Crippen LogP contribution in [0.5, 0.6) is 0 Å². The van der Waals surface area contributed by atoms with Crippen LogP contribution in [0.4, 0.5) is 0 Å². The lowest BCUT2D eigenvalue weighted by Crippen LogP contribution is -2.44. The van der Waals surface area contributed by atoms with Gasteiger partial charge in [0.15, 0.2) is 0 Å². The van der Waals surface area contributed by atoms with Crippen LogP contribution in [0.15, 0.2) is 18.3 Å². The fraction of sp³-hybridized carbons (Fsp3) is 0.600. The summed E-state index contributed by atoms with van der Waals surface area (Å²) in [6.07, 6.45) is 2.90. The maximum atomic E-state index is 7.62. The highest BCUT2D eigenvalue weighted by Crippen LogP contribution is 2.19. The Morgan fingerprint density at radius 3 is 2.95 bits per heavy atom. The van der Waals surface area contributed by atoms with Gasteiger partial charge >= 0.3 is 0 Å². The third-order valence-electron chi connectivity index (χ3n) is 4.35. The summed E-state index contributed by atoms with van der Waals surface area (Å²) in [6.45, 7) is 6.79. The summed E-state index contributed by atoms with van der Waals surface area (Å²) in [5, 5.41) is 7.62. The van der Waals surface area contributed by atoms with E-state index >= 15 is 0 Å². The fourth-order valence-electron chi connectivity index (χ4n) is 3.25. The maximum absolute atomic E-state index is 7.62. The number of nitrogens with two attached hydrogens (primary N) is 1. The first kappa shape index (κ1) is 14.4. The average Bonchev–Trinajstić information content (AvgIpc) is 2.97. The predicted octanol–water partition coefficient (Wildman–Crippen LogP) is 0.272. The Morgan fingerprint density at radius 2 is 2.19 bits per heavy atom. The van der Waals surface area contributed by atoms with Crippen molar-refractivity contribution in [3.63, 3.8) is 0 Å². The molecule has 6 heteroatoms. The lowest BCUT2D eigenvalue weighted by molar-refractivity contribution is 0.0184. The molecule has 2 saturated heterocycles. The van der Waals surface area contributed by atoms with Gasteiger partial charge in [-0.1, -0.05) is 6.07 Å². The Morgan fingerprint density at radius 1 is 1.38 bits per heavy atom. The molecule has 0 amide bonds. The van der Waals surface area contributed by atoms with Gasteiger partial charge in [-0.3, -0.25) is 20.2 Å². The van der Waals surface area contributed by atoms with Crippen molar-refractivity contribution >= 4 is 5.84 Å². The van der Waals surface area contributed by atoms with Crippen molar-refractivity contribution in [3.8, 4) is 0 Å². The maximum Gasteiger partial charge on any atom is 0.142 e. The zero-order chi connectivity index (χ0) is 14.7. The molecular weight excluding hydrogens is 266 g/mol. The molecule has 3 heterocycles. The number of pyridine rings is 1.